The predicted molar refractivity (Wildman–Crippen MR) is 114 cm³/mol. The van der Waals surface area contributed by atoms with Gasteiger partial charge in [-0.1, -0.05) is 23.7 Å². The van der Waals surface area contributed by atoms with Crippen LogP contribution in [-0.2, 0) is 14.3 Å². The Hall–Kier alpha value is -2.94. The zero-order chi connectivity index (χ0) is 22.5. The first-order chi connectivity index (χ1) is 14.8. The molecule has 2 heterocycles. The van der Waals surface area contributed by atoms with Gasteiger partial charge in [-0.2, -0.15) is 0 Å². The van der Waals surface area contributed by atoms with Gasteiger partial charge < -0.3 is 14.5 Å². The number of benzene rings is 1. The second-order valence-electron chi connectivity index (χ2n) is 7.44. The molecule has 2 amide bonds. The van der Waals surface area contributed by atoms with Gasteiger partial charge in [-0.25, -0.2) is 9.67 Å². The van der Waals surface area contributed by atoms with Gasteiger partial charge in [0.05, 0.1) is 29.8 Å². The lowest BCUT2D eigenvalue weighted by molar-refractivity contribution is -0.151. The summed E-state index contributed by atoms with van der Waals surface area (Å²) in [7, 11) is 1.53. The minimum Gasteiger partial charge on any atom is -0.466 e. The number of ether oxygens (including phenoxy) is 1. The normalized spacial score (nSPS) is 16.1. The molecular weight excluding hydrogens is 422 g/mol. The third-order valence-electron chi connectivity index (χ3n) is 5.15. The van der Waals surface area contributed by atoms with E-state index < -0.39 is 5.91 Å². The molecule has 0 aliphatic carbocycles. The maximum absolute atomic E-state index is 12.8. The number of nitrogens with zero attached hydrogens (tertiary/aromatic N) is 5. The molecule has 31 heavy (non-hydrogen) atoms. The number of halogens is 1. The third-order valence-corrected chi connectivity index (χ3v) is 5.47. The Balaban J connectivity index is 1.65. The van der Waals surface area contributed by atoms with Gasteiger partial charge in [-0.15, -0.1) is 5.10 Å². The van der Waals surface area contributed by atoms with E-state index in [9.17, 15) is 14.4 Å². The van der Waals surface area contributed by atoms with E-state index in [-0.39, 0.29) is 30.2 Å². The Kier molecular flexibility index (Phi) is 7.27. The molecule has 166 valence electrons. The van der Waals surface area contributed by atoms with E-state index in [1.807, 2.05) is 6.07 Å². The largest absolute Gasteiger partial charge is 0.466 e. The smallest absolute Gasteiger partial charge is 0.310 e. The van der Waals surface area contributed by atoms with Crippen LogP contribution in [0.5, 0.6) is 0 Å². The van der Waals surface area contributed by atoms with Crippen molar-refractivity contribution in [3.05, 3.63) is 40.9 Å². The van der Waals surface area contributed by atoms with Gasteiger partial charge in [0.25, 0.3) is 5.91 Å². The molecule has 1 aliphatic heterocycles. The monoisotopic (exact) mass is 447 g/mol. The Morgan fingerprint density at radius 3 is 2.74 bits per heavy atom. The van der Waals surface area contributed by atoms with Gasteiger partial charge in [0.2, 0.25) is 11.7 Å². The molecule has 0 spiro atoms. The summed E-state index contributed by atoms with van der Waals surface area (Å²) < 4.78 is 6.58. The molecule has 10 heteroatoms. The van der Waals surface area contributed by atoms with Crippen LogP contribution in [0.2, 0.25) is 5.02 Å². The van der Waals surface area contributed by atoms with Crippen LogP contribution in [0.4, 0.5) is 0 Å². The maximum atomic E-state index is 12.8. The van der Waals surface area contributed by atoms with E-state index in [4.69, 9.17) is 16.3 Å². The summed E-state index contributed by atoms with van der Waals surface area (Å²) in [4.78, 5) is 44.7. The van der Waals surface area contributed by atoms with Crippen molar-refractivity contribution in [1.29, 1.82) is 0 Å². The molecule has 1 atom stereocenters. The van der Waals surface area contributed by atoms with Crippen LogP contribution >= 0.6 is 11.6 Å². The Labute approximate surface area is 185 Å². The number of piperidine rings is 1. The van der Waals surface area contributed by atoms with Crippen molar-refractivity contribution >= 4 is 29.4 Å². The van der Waals surface area contributed by atoms with Gasteiger partial charge in [0.15, 0.2) is 0 Å². The summed E-state index contributed by atoms with van der Waals surface area (Å²) in [6, 6.07) is 7.13. The summed E-state index contributed by atoms with van der Waals surface area (Å²) in [5.74, 6) is -0.822. The van der Waals surface area contributed by atoms with Crippen LogP contribution in [0.25, 0.3) is 5.69 Å². The quantitative estimate of drug-likeness (QED) is 0.629. The molecule has 0 bridgehead atoms. The van der Waals surface area contributed by atoms with Crippen LogP contribution in [0.15, 0.2) is 24.3 Å². The number of carbonyl (C=O) groups excluding carboxylic acids is 3. The zero-order valence-corrected chi connectivity index (χ0v) is 18.6. The van der Waals surface area contributed by atoms with Crippen molar-refractivity contribution in [1.82, 2.24) is 24.6 Å². The Morgan fingerprint density at radius 2 is 2.03 bits per heavy atom. The number of hydrogen-bond acceptors (Lipinski definition) is 6. The summed E-state index contributed by atoms with van der Waals surface area (Å²) in [5.41, 5.74) is 0.616. The standard InChI is InChI=1S/C21H26ClN5O4/c1-4-31-21(30)15-8-7-11-26(12-15)18(28)13-25(3)20(29)19-23-14(2)27(24-19)17-10-6-5-9-16(17)22/h5-6,9-10,15H,4,7-8,11-13H2,1-3H3. The number of likely N-dealkylation sites (tertiary alicyclic amines) is 1. The molecule has 9 nitrogen and oxygen atoms in total. The second-order valence-corrected chi connectivity index (χ2v) is 7.85. The SMILES string of the molecule is CCOC(=O)C1CCCN(C(=O)CN(C)C(=O)c2nc(C)n(-c3ccccc3Cl)n2)C1. The van der Waals surface area contributed by atoms with E-state index in [0.717, 1.165) is 6.42 Å². The zero-order valence-electron chi connectivity index (χ0n) is 17.9. The minimum absolute atomic E-state index is 0.0178. The molecule has 1 unspecified atom stereocenters. The lowest BCUT2D eigenvalue weighted by Gasteiger charge is -2.32. The molecule has 1 aromatic carbocycles. The number of carbonyl (C=O) groups is 3. The fourth-order valence-corrected chi connectivity index (χ4v) is 3.75. The maximum Gasteiger partial charge on any atom is 0.310 e. The van der Waals surface area contributed by atoms with Crippen molar-refractivity contribution in [3.63, 3.8) is 0 Å². The number of para-hydroxylation sites is 1. The van der Waals surface area contributed by atoms with Gasteiger partial charge in [0.1, 0.15) is 5.82 Å². The molecular formula is C21H26ClN5O4. The Morgan fingerprint density at radius 1 is 1.29 bits per heavy atom. The van der Waals surface area contributed by atoms with E-state index in [0.29, 0.717) is 42.7 Å². The number of rotatable bonds is 6. The van der Waals surface area contributed by atoms with E-state index in [1.54, 1.807) is 36.9 Å². The molecule has 1 aliphatic rings. The Bertz CT molecular complexity index is 976. The van der Waals surface area contributed by atoms with E-state index >= 15 is 0 Å². The first kappa shape index (κ1) is 22.7. The van der Waals surface area contributed by atoms with Crippen LogP contribution in [0.3, 0.4) is 0 Å². The van der Waals surface area contributed by atoms with Crippen molar-refractivity contribution in [2.24, 2.45) is 5.92 Å². The van der Waals surface area contributed by atoms with Gasteiger partial charge in [-0.05, 0) is 38.8 Å². The number of esters is 1. The number of aromatic nitrogens is 3. The van der Waals surface area contributed by atoms with Crippen molar-refractivity contribution in [2.75, 3.05) is 33.3 Å². The number of amides is 2. The summed E-state index contributed by atoms with van der Waals surface area (Å²) in [6.45, 7) is 4.52. The van der Waals surface area contributed by atoms with Gasteiger partial charge >= 0.3 is 5.97 Å². The number of hydrogen-bond donors (Lipinski definition) is 0. The summed E-state index contributed by atoms with van der Waals surface area (Å²) in [6.07, 6.45) is 1.41. The second kappa shape index (κ2) is 9.91. The number of likely N-dealkylation sites (N-methyl/N-ethyl adjacent to an activating group) is 1. The highest BCUT2D eigenvalue weighted by Crippen LogP contribution is 2.21. The first-order valence-electron chi connectivity index (χ1n) is 10.2. The summed E-state index contributed by atoms with van der Waals surface area (Å²) in [5, 5.41) is 4.77. The fourth-order valence-electron chi connectivity index (χ4n) is 3.53. The van der Waals surface area contributed by atoms with Crippen LogP contribution in [0, 0.1) is 12.8 Å². The highest BCUT2D eigenvalue weighted by atomic mass is 35.5. The average molecular weight is 448 g/mol. The topological polar surface area (TPSA) is 97.6 Å². The third kappa shape index (κ3) is 5.22. The lowest BCUT2D eigenvalue weighted by Crippen LogP contribution is -2.47. The molecule has 1 fully saturated rings. The lowest BCUT2D eigenvalue weighted by atomic mass is 9.98. The van der Waals surface area contributed by atoms with Crippen LogP contribution < -0.4 is 0 Å². The number of aryl methyl sites for hydroxylation is 1. The van der Waals surface area contributed by atoms with Crippen LogP contribution in [0.1, 0.15) is 36.2 Å². The molecule has 1 saturated heterocycles. The van der Waals surface area contributed by atoms with Crippen LogP contribution in [-0.4, -0.2) is 75.6 Å². The highest BCUT2D eigenvalue weighted by molar-refractivity contribution is 6.32. The van der Waals surface area contributed by atoms with Gasteiger partial charge in [-0.3, -0.25) is 14.4 Å². The molecule has 3 rings (SSSR count). The molecule has 1 aromatic heterocycles. The van der Waals surface area contributed by atoms with E-state index in [2.05, 4.69) is 10.1 Å². The minimum atomic E-state index is -0.471. The average Bonchev–Trinajstić information content (AvgIpc) is 3.15. The first-order valence-corrected chi connectivity index (χ1v) is 10.6. The summed E-state index contributed by atoms with van der Waals surface area (Å²) >= 11 is 6.22. The molecule has 0 radical (unpaired) electrons. The van der Waals surface area contributed by atoms with Crippen molar-refractivity contribution < 1.29 is 19.1 Å². The van der Waals surface area contributed by atoms with Crippen molar-refractivity contribution in [2.45, 2.75) is 26.7 Å². The fraction of sp³-hybridized carbons (Fsp3) is 0.476. The highest BCUT2D eigenvalue weighted by Gasteiger charge is 2.30. The predicted octanol–water partition coefficient (Wildman–Crippen LogP) is 2.10. The molecule has 2 aromatic rings. The van der Waals surface area contributed by atoms with E-state index in [1.165, 1.54) is 16.6 Å². The van der Waals surface area contributed by atoms with Crippen molar-refractivity contribution in [3.8, 4) is 5.69 Å². The molecule has 0 N–H and O–H groups in total. The molecule has 0 saturated carbocycles. The van der Waals surface area contributed by atoms with Gasteiger partial charge in [0, 0.05) is 20.1 Å².